The second kappa shape index (κ2) is 3.45. The summed E-state index contributed by atoms with van der Waals surface area (Å²) in [6.45, 7) is 0. The quantitative estimate of drug-likeness (QED) is 0.746. The molecule has 4 nitrogen and oxygen atoms in total. The van der Waals surface area contributed by atoms with Crippen LogP contribution in [0.3, 0.4) is 0 Å². The first-order valence-corrected chi connectivity index (χ1v) is 6.13. The fourth-order valence-electron chi connectivity index (χ4n) is 0.463. The highest BCUT2D eigenvalue weighted by Gasteiger charge is 2.09. The molecule has 11 heavy (non-hydrogen) atoms. The van der Waals surface area contributed by atoms with E-state index in [9.17, 15) is 0 Å². The summed E-state index contributed by atoms with van der Waals surface area (Å²) in [6, 6.07) is 0. The molecule has 1 heterocycles. The Morgan fingerprint density at radius 3 is 2.55 bits per heavy atom. The van der Waals surface area contributed by atoms with Crippen LogP contribution in [0.4, 0.5) is 0 Å². The predicted molar refractivity (Wildman–Crippen MR) is 45.0 cm³/mol. The Morgan fingerprint density at radius 1 is 1.55 bits per heavy atom. The maximum absolute atomic E-state index is 8.88. The van der Waals surface area contributed by atoms with Crippen molar-refractivity contribution in [3.05, 3.63) is 18.7 Å². The molecule has 0 aliphatic rings. The minimum atomic E-state index is -3.16. The Hall–Kier alpha value is -0.220. The van der Waals surface area contributed by atoms with Crippen molar-refractivity contribution in [2.24, 2.45) is 0 Å². The van der Waals surface area contributed by atoms with Crippen LogP contribution in [0.1, 0.15) is 0 Å². The highest BCUT2D eigenvalue weighted by molar-refractivity contribution is 8.22. The van der Waals surface area contributed by atoms with Gasteiger partial charge in [-0.15, -0.1) is 0 Å². The van der Waals surface area contributed by atoms with E-state index in [1.807, 2.05) is 0 Å². The van der Waals surface area contributed by atoms with Crippen molar-refractivity contribution in [3.63, 3.8) is 0 Å². The van der Waals surface area contributed by atoms with Crippen molar-refractivity contribution in [2.75, 3.05) is 0 Å². The molecule has 0 aliphatic carbocycles. The third-order valence-electron chi connectivity index (χ3n) is 0.755. The smallest absolute Gasteiger partial charge is 0.330 e. The van der Waals surface area contributed by atoms with Crippen LogP contribution in [0.25, 0.3) is 0 Å². The zero-order valence-electron chi connectivity index (χ0n) is 5.22. The molecule has 1 N–H and O–H groups in total. The SMILES string of the molecule is OP(=S)(Cl)Oc1cncnc1. The summed E-state index contributed by atoms with van der Waals surface area (Å²) >= 11 is 9.69. The van der Waals surface area contributed by atoms with E-state index in [1.54, 1.807) is 0 Å². The van der Waals surface area contributed by atoms with E-state index in [4.69, 9.17) is 20.7 Å². The number of hydrogen-bond acceptors (Lipinski definition) is 4. The molecule has 1 atom stereocenters. The second-order valence-corrected chi connectivity index (χ2v) is 6.16. The van der Waals surface area contributed by atoms with E-state index in [1.165, 1.54) is 18.7 Å². The van der Waals surface area contributed by atoms with Gasteiger partial charge in [0.15, 0.2) is 5.75 Å². The molecule has 1 aromatic heterocycles. The van der Waals surface area contributed by atoms with Crippen molar-refractivity contribution in [1.29, 1.82) is 0 Å². The van der Waals surface area contributed by atoms with Crippen LogP contribution in [-0.4, -0.2) is 14.9 Å². The van der Waals surface area contributed by atoms with Crippen molar-refractivity contribution < 1.29 is 9.42 Å². The monoisotopic (exact) mass is 210 g/mol. The predicted octanol–water partition coefficient (Wildman–Crippen LogP) is 1.31. The molecular weight excluding hydrogens is 207 g/mol. The average Bonchev–Trinajstić information content (AvgIpc) is 1.85. The van der Waals surface area contributed by atoms with Crippen molar-refractivity contribution in [1.82, 2.24) is 9.97 Å². The molecule has 0 bridgehead atoms. The van der Waals surface area contributed by atoms with E-state index in [2.05, 4.69) is 21.8 Å². The Bertz CT molecular complexity index is 277. The molecule has 1 unspecified atom stereocenters. The van der Waals surface area contributed by atoms with Gasteiger partial charge in [0.05, 0.1) is 12.4 Å². The first-order valence-electron chi connectivity index (χ1n) is 2.55. The molecule has 0 aliphatic heterocycles. The second-order valence-electron chi connectivity index (χ2n) is 1.62. The third kappa shape index (κ3) is 3.62. The van der Waals surface area contributed by atoms with Crippen LogP contribution >= 0.6 is 17.1 Å². The fraction of sp³-hybridized carbons (Fsp3) is 0. The zero-order chi connectivity index (χ0) is 8.32. The van der Waals surface area contributed by atoms with Gasteiger partial charge in [-0.1, -0.05) is 0 Å². The number of nitrogens with zero attached hydrogens (tertiary/aromatic N) is 2. The van der Waals surface area contributed by atoms with Crippen molar-refractivity contribution in [2.45, 2.75) is 0 Å². The summed E-state index contributed by atoms with van der Waals surface area (Å²) in [4.78, 5) is 16.2. The highest BCUT2D eigenvalue weighted by Crippen LogP contribution is 2.47. The van der Waals surface area contributed by atoms with Gasteiger partial charge in [-0.05, 0) is 23.0 Å². The van der Waals surface area contributed by atoms with Gasteiger partial charge in [0.1, 0.15) is 6.33 Å². The van der Waals surface area contributed by atoms with E-state index < -0.39 is 5.84 Å². The summed E-state index contributed by atoms with van der Waals surface area (Å²) in [5.41, 5.74) is 0. The number of hydrogen-bond donors (Lipinski definition) is 1. The highest BCUT2D eigenvalue weighted by atomic mass is 35.7. The van der Waals surface area contributed by atoms with E-state index in [-0.39, 0.29) is 5.75 Å². The molecule has 60 valence electrons. The molecule has 0 radical (unpaired) electrons. The van der Waals surface area contributed by atoms with Gasteiger partial charge >= 0.3 is 5.84 Å². The van der Waals surface area contributed by atoms with Gasteiger partial charge in [0.2, 0.25) is 0 Å². The Labute approximate surface area is 73.2 Å². The lowest BCUT2D eigenvalue weighted by molar-refractivity contribution is 0.499. The van der Waals surface area contributed by atoms with Gasteiger partial charge in [-0.3, -0.25) is 0 Å². The Morgan fingerprint density at radius 2 is 2.09 bits per heavy atom. The molecule has 0 aromatic carbocycles. The lowest BCUT2D eigenvalue weighted by Crippen LogP contribution is -1.86. The van der Waals surface area contributed by atoms with Crippen LogP contribution in [0.2, 0.25) is 0 Å². The first kappa shape index (κ1) is 8.87. The summed E-state index contributed by atoms with van der Waals surface area (Å²) in [5, 5.41) is 0. The maximum atomic E-state index is 8.88. The van der Waals surface area contributed by atoms with Crippen LogP contribution in [0.15, 0.2) is 18.7 Å². The summed E-state index contributed by atoms with van der Waals surface area (Å²) < 4.78 is 4.72. The molecule has 0 spiro atoms. The Kier molecular flexibility index (Phi) is 2.78. The lowest BCUT2D eigenvalue weighted by atomic mass is 10.6. The zero-order valence-corrected chi connectivity index (χ0v) is 7.68. The fourth-order valence-corrected chi connectivity index (χ4v) is 1.31. The Balaban J connectivity index is 2.74. The third-order valence-corrected chi connectivity index (χ3v) is 1.62. The first-order chi connectivity index (χ1) is 5.08. The van der Waals surface area contributed by atoms with Gasteiger partial charge in [-0.25, -0.2) is 9.97 Å². The summed E-state index contributed by atoms with van der Waals surface area (Å²) in [5.74, 6) is -2.89. The van der Waals surface area contributed by atoms with Crippen LogP contribution in [-0.2, 0) is 11.8 Å². The molecular formula is C4H4ClN2O2PS. The largest absolute Gasteiger partial charge is 0.430 e. The lowest BCUT2D eigenvalue weighted by Gasteiger charge is -2.06. The number of aromatic nitrogens is 2. The minimum absolute atomic E-state index is 0.272. The number of rotatable bonds is 2. The molecule has 0 saturated heterocycles. The van der Waals surface area contributed by atoms with Crippen LogP contribution < -0.4 is 4.52 Å². The normalized spacial score (nSPS) is 15.5. The number of halogens is 1. The molecule has 1 aromatic rings. The summed E-state index contributed by atoms with van der Waals surface area (Å²) in [7, 11) is 0. The topological polar surface area (TPSA) is 55.2 Å². The van der Waals surface area contributed by atoms with Crippen molar-refractivity contribution >= 4 is 28.9 Å². The standard InChI is InChI=1S/C4H4ClN2O2PS/c5-10(8,11)9-4-1-6-3-7-2-4/h1-3H,(H,8,11). The molecule has 0 amide bonds. The maximum Gasteiger partial charge on any atom is 0.330 e. The van der Waals surface area contributed by atoms with Gasteiger partial charge in [0.25, 0.3) is 0 Å². The van der Waals surface area contributed by atoms with Crippen LogP contribution in [0, 0.1) is 0 Å². The van der Waals surface area contributed by atoms with E-state index in [0.717, 1.165) is 0 Å². The molecule has 0 saturated carbocycles. The molecule has 1 rings (SSSR count). The van der Waals surface area contributed by atoms with Gasteiger partial charge in [-0.2, -0.15) is 0 Å². The summed E-state index contributed by atoms with van der Waals surface area (Å²) in [6.07, 6.45) is 4.07. The van der Waals surface area contributed by atoms with Crippen molar-refractivity contribution in [3.8, 4) is 5.75 Å². The molecule has 7 heteroatoms. The molecule has 0 fully saturated rings. The van der Waals surface area contributed by atoms with Gasteiger partial charge < -0.3 is 9.42 Å². The van der Waals surface area contributed by atoms with E-state index >= 15 is 0 Å². The van der Waals surface area contributed by atoms with E-state index in [0.29, 0.717) is 0 Å². The average molecular weight is 211 g/mol. The minimum Gasteiger partial charge on any atom is -0.430 e. The van der Waals surface area contributed by atoms with Gasteiger partial charge in [0, 0.05) is 0 Å². The van der Waals surface area contributed by atoms with Crippen LogP contribution in [0.5, 0.6) is 5.75 Å².